The first-order chi connectivity index (χ1) is 9.45. The average molecular weight is 278 g/mol. The van der Waals surface area contributed by atoms with Crippen molar-refractivity contribution >= 4 is 29.1 Å². The summed E-state index contributed by atoms with van der Waals surface area (Å²) < 4.78 is 13.4. The second-order valence-electron chi connectivity index (χ2n) is 3.87. The topological polar surface area (TPSA) is 126 Å². The van der Waals surface area contributed by atoms with Crippen LogP contribution in [-0.2, 0) is 4.79 Å². The van der Waals surface area contributed by atoms with E-state index in [2.05, 4.69) is 25.8 Å². The maximum absolute atomic E-state index is 13.4. The third kappa shape index (κ3) is 3.07. The molecule has 0 aliphatic rings. The maximum atomic E-state index is 13.4. The smallest absolute Gasteiger partial charge is 0.293 e. The van der Waals surface area contributed by atoms with Gasteiger partial charge in [0.1, 0.15) is 5.82 Å². The third-order valence-corrected chi connectivity index (χ3v) is 2.25. The van der Waals surface area contributed by atoms with E-state index in [1.54, 1.807) is 0 Å². The van der Waals surface area contributed by atoms with Gasteiger partial charge in [-0.05, 0) is 18.2 Å². The molecular formula is C11H11FN6O2. The molecule has 2 aromatic rings. The predicted octanol–water partition coefficient (Wildman–Crippen LogP) is 0.737. The van der Waals surface area contributed by atoms with Gasteiger partial charge in [-0.2, -0.15) is 4.98 Å². The minimum atomic E-state index is -0.609. The molecule has 0 spiro atoms. The molecule has 0 aliphatic heterocycles. The van der Waals surface area contributed by atoms with Crippen LogP contribution >= 0.6 is 0 Å². The zero-order chi connectivity index (χ0) is 14.7. The van der Waals surface area contributed by atoms with E-state index in [4.69, 9.17) is 5.73 Å². The number of aromatic nitrogens is 3. The molecule has 0 unspecified atom stereocenters. The van der Waals surface area contributed by atoms with Crippen LogP contribution in [0.15, 0.2) is 18.2 Å². The Morgan fingerprint density at radius 3 is 2.70 bits per heavy atom. The zero-order valence-corrected chi connectivity index (χ0v) is 10.4. The number of nitrogens with one attached hydrogen (secondary N) is 3. The first-order valence-electron chi connectivity index (χ1n) is 5.52. The first kappa shape index (κ1) is 13.5. The number of amides is 2. The van der Waals surface area contributed by atoms with Crippen LogP contribution in [0.3, 0.4) is 0 Å². The minimum absolute atomic E-state index is 0.0348. The van der Waals surface area contributed by atoms with Crippen LogP contribution in [0.4, 0.5) is 21.7 Å². The fourth-order valence-electron chi connectivity index (χ4n) is 1.46. The number of hydrogen-bond acceptors (Lipinski definition) is 5. The van der Waals surface area contributed by atoms with Crippen LogP contribution < -0.4 is 16.4 Å². The molecule has 0 radical (unpaired) electrons. The largest absolute Gasteiger partial charge is 0.366 e. The average Bonchev–Trinajstić information content (AvgIpc) is 2.79. The Balaban J connectivity index is 2.17. The van der Waals surface area contributed by atoms with E-state index >= 15 is 0 Å². The van der Waals surface area contributed by atoms with Gasteiger partial charge >= 0.3 is 0 Å². The highest BCUT2D eigenvalue weighted by Gasteiger charge is 2.12. The molecule has 8 nitrogen and oxygen atoms in total. The van der Waals surface area contributed by atoms with Gasteiger partial charge in [0.05, 0.1) is 5.69 Å². The number of nitrogens with two attached hydrogens (primary N) is 1. The lowest BCUT2D eigenvalue weighted by Gasteiger charge is -2.07. The molecule has 0 saturated carbocycles. The lowest BCUT2D eigenvalue weighted by Crippen LogP contribution is -2.14. The minimum Gasteiger partial charge on any atom is -0.366 e. The molecule has 20 heavy (non-hydrogen) atoms. The summed E-state index contributed by atoms with van der Waals surface area (Å²) in [5, 5.41) is 10.6. The first-order valence-corrected chi connectivity index (χ1v) is 5.52. The number of aromatic amines is 1. The van der Waals surface area contributed by atoms with Gasteiger partial charge in [-0.1, -0.05) is 0 Å². The molecule has 1 aromatic carbocycles. The van der Waals surface area contributed by atoms with Gasteiger partial charge in [0.25, 0.3) is 5.91 Å². The monoisotopic (exact) mass is 278 g/mol. The summed E-state index contributed by atoms with van der Waals surface area (Å²) in [7, 11) is 0. The highest BCUT2D eigenvalue weighted by molar-refractivity contribution is 6.02. The van der Waals surface area contributed by atoms with Gasteiger partial charge < -0.3 is 16.4 Å². The number of benzene rings is 1. The molecular weight excluding hydrogens is 267 g/mol. The normalized spacial score (nSPS) is 10.1. The van der Waals surface area contributed by atoms with Crippen molar-refractivity contribution in [3.63, 3.8) is 0 Å². The second-order valence-corrected chi connectivity index (χ2v) is 3.87. The van der Waals surface area contributed by atoms with Gasteiger partial charge in [0, 0.05) is 12.6 Å². The standard InChI is InChI=1S/C11H11FN6O2/c1-5(19)14-8-4-6(2-3-7(8)12)15-10(20)9-16-11(13)18-17-9/h2-4H,1H3,(H,14,19)(H,15,20)(H3,13,16,17,18). The van der Waals surface area contributed by atoms with Gasteiger partial charge in [-0.25, -0.2) is 4.39 Å². The summed E-state index contributed by atoms with van der Waals surface area (Å²) in [6.45, 7) is 1.25. The number of anilines is 3. The summed E-state index contributed by atoms with van der Waals surface area (Å²) in [5.74, 6) is -1.76. The van der Waals surface area contributed by atoms with Crippen LogP contribution in [0.25, 0.3) is 0 Å². The molecule has 2 amide bonds. The molecule has 0 aliphatic carbocycles. The quantitative estimate of drug-likeness (QED) is 0.658. The third-order valence-electron chi connectivity index (χ3n) is 2.25. The van der Waals surface area contributed by atoms with E-state index < -0.39 is 17.6 Å². The number of nitrogens with zero attached hydrogens (tertiary/aromatic N) is 2. The number of rotatable bonds is 3. The molecule has 1 heterocycles. The van der Waals surface area contributed by atoms with Crippen molar-refractivity contribution in [3.05, 3.63) is 29.8 Å². The van der Waals surface area contributed by atoms with E-state index in [0.29, 0.717) is 0 Å². The van der Waals surface area contributed by atoms with Gasteiger partial charge in [-0.15, -0.1) is 5.10 Å². The van der Waals surface area contributed by atoms with Crippen LogP contribution in [0.2, 0.25) is 0 Å². The van der Waals surface area contributed by atoms with Crippen molar-refractivity contribution in [2.45, 2.75) is 6.92 Å². The van der Waals surface area contributed by atoms with E-state index in [1.807, 2.05) is 0 Å². The number of hydrogen-bond donors (Lipinski definition) is 4. The van der Waals surface area contributed by atoms with Gasteiger partial charge in [0.2, 0.25) is 17.7 Å². The molecule has 104 valence electrons. The number of H-pyrrole nitrogens is 1. The SMILES string of the molecule is CC(=O)Nc1cc(NC(=O)c2nc(N)n[nH]2)ccc1F. The van der Waals surface area contributed by atoms with Crippen LogP contribution in [0, 0.1) is 5.82 Å². The lowest BCUT2D eigenvalue weighted by molar-refractivity contribution is -0.114. The Kier molecular flexibility index (Phi) is 3.60. The van der Waals surface area contributed by atoms with Gasteiger partial charge in [0.15, 0.2) is 0 Å². The van der Waals surface area contributed by atoms with Crippen molar-refractivity contribution in [2.24, 2.45) is 0 Å². The predicted molar refractivity (Wildman–Crippen MR) is 69.5 cm³/mol. The van der Waals surface area contributed by atoms with Crippen LogP contribution in [0.1, 0.15) is 17.5 Å². The van der Waals surface area contributed by atoms with Crippen molar-refractivity contribution in [1.82, 2.24) is 15.2 Å². The molecule has 0 bridgehead atoms. The van der Waals surface area contributed by atoms with Crippen molar-refractivity contribution in [1.29, 1.82) is 0 Å². The van der Waals surface area contributed by atoms with Crippen molar-refractivity contribution < 1.29 is 14.0 Å². The highest BCUT2D eigenvalue weighted by atomic mass is 19.1. The summed E-state index contributed by atoms with van der Waals surface area (Å²) in [6, 6.07) is 3.75. The molecule has 0 fully saturated rings. The highest BCUT2D eigenvalue weighted by Crippen LogP contribution is 2.20. The molecule has 0 atom stereocenters. The zero-order valence-electron chi connectivity index (χ0n) is 10.4. The lowest BCUT2D eigenvalue weighted by atomic mass is 10.2. The molecule has 1 aromatic heterocycles. The van der Waals surface area contributed by atoms with Gasteiger partial charge in [-0.3, -0.25) is 14.7 Å². The van der Waals surface area contributed by atoms with Crippen molar-refractivity contribution in [2.75, 3.05) is 16.4 Å². The Bertz CT molecular complexity index is 669. The summed E-state index contributed by atoms with van der Waals surface area (Å²) in [6.07, 6.45) is 0. The van der Waals surface area contributed by atoms with E-state index in [1.165, 1.54) is 19.1 Å². The Labute approximate surface area is 112 Å². The van der Waals surface area contributed by atoms with E-state index in [-0.39, 0.29) is 23.1 Å². The fraction of sp³-hybridized carbons (Fsp3) is 0.0909. The summed E-state index contributed by atoms with van der Waals surface area (Å²) in [5.41, 5.74) is 5.53. The molecule has 5 N–H and O–H groups in total. The Morgan fingerprint density at radius 2 is 2.10 bits per heavy atom. The number of nitrogen functional groups attached to an aromatic ring is 1. The summed E-state index contributed by atoms with van der Waals surface area (Å²) in [4.78, 5) is 26.3. The Hall–Kier alpha value is -2.97. The van der Waals surface area contributed by atoms with Crippen LogP contribution in [0.5, 0.6) is 0 Å². The Morgan fingerprint density at radius 1 is 1.35 bits per heavy atom. The molecule has 0 saturated heterocycles. The summed E-state index contributed by atoms with van der Waals surface area (Å²) >= 11 is 0. The van der Waals surface area contributed by atoms with E-state index in [9.17, 15) is 14.0 Å². The number of carbonyl (C=O) groups excluding carboxylic acids is 2. The second kappa shape index (κ2) is 5.34. The van der Waals surface area contributed by atoms with Crippen LogP contribution in [-0.4, -0.2) is 27.0 Å². The number of halogens is 1. The van der Waals surface area contributed by atoms with E-state index in [0.717, 1.165) is 6.07 Å². The maximum Gasteiger partial charge on any atom is 0.293 e. The van der Waals surface area contributed by atoms with Crippen molar-refractivity contribution in [3.8, 4) is 0 Å². The fourth-order valence-corrected chi connectivity index (χ4v) is 1.46. The molecule has 9 heteroatoms. The number of carbonyl (C=O) groups is 2. The molecule has 2 rings (SSSR count).